The number of anilines is 2. The first-order valence-corrected chi connectivity index (χ1v) is 19.6. The zero-order valence-corrected chi connectivity index (χ0v) is 32.9. The molecule has 6 rings (SSSR count). The molecule has 0 spiro atoms. The largest absolute Gasteiger partial charge is 0.458 e. The summed E-state index contributed by atoms with van der Waals surface area (Å²) in [5.74, 6) is -1.95. The average molecular weight is 776 g/mol. The normalized spacial score (nSPS) is 19.4. The minimum atomic E-state index is -4.51. The summed E-state index contributed by atoms with van der Waals surface area (Å²) in [7, 11) is -4.51. The number of fused-ring (bicyclic) bond motifs is 1. The fraction of sp³-hybridized carbons (Fsp3) is 0.385. The molecule has 3 heterocycles. The van der Waals surface area contributed by atoms with Gasteiger partial charge < -0.3 is 15.5 Å². The van der Waals surface area contributed by atoms with Crippen molar-refractivity contribution in [3.8, 4) is 16.9 Å². The van der Waals surface area contributed by atoms with Crippen LogP contribution in [0.4, 0.5) is 11.5 Å². The molecule has 15 heteroatoms. The summed E-state index contributed by atoms with van der Waals surface area (Å²) in [4.78, 5) is 46.1. The van der Waals surface area contributed by atoms with E-state index >= 15 is 0 Å². The summed E-state index contributed by atoms with van der Waals surface area (Å²) in [6.45, 7) is 15.1. The van der Waals surface area contributed by atoms with Gasteiger partial charge in [-0.1, -0.05) is 90.4 Å². The molecule has 1 fully saturated rings. The lowest BCUT2D eigenvalue weighted by atomic mass is 9.59. The molecule has 1 saturated carbocycles. The fourth-order valence-corrected chi connectivity index (χ4v) is 8.59. The fourth-order valence-electron chi connectivity index (χ4n) is 7.62. The van der Waals surface area contributed by atoms with Crippen molar-refractivity contribution >= 4 is 50.8 Å². The zero-order chi connectivity index (χ0) is 39.3. The first kappa shape index (κ1) is 38.6. The number of hydrogen-bond donors (Lipinski definition) is 4. The van der Waals surface area contributed by atoms with Gasteiger partial charge in [0.25, 0.3) is 11.5 Å². The Morgan fingerprint density at radius 2 is 1.56 bits per heavy atom. The number of amides is 1. The maximum absolute atomic E-state index is 15.0. The van der Waals surface area contributed by atoms with E-state index in [1.54, 1.807) is 54.7 Å². The van der Waals surface area contributed by atoms with Gasteiger partial charge in [0.2, 0.25) is 0 Å². The van der Waals surface area contributed by atoms with Crippen LogP contribution in [-0.4, -0.2) is 45.6 Å². The van der Waals surface area contributed by atoms with E-state index in [1.807, 2.05) is 4.72 Å². The van der Waals surface area contributed by atoms with E-state index in [2.05, 4.69) is 63.3 Å². The second kappa shape index (κ2) is 14.3. The number of nitrogen functional groups attached to an aromatic ring is 1. The molecular formula is C39H46ClN7O6S. The van der Waals surface area contributed by atoms with E-state index in [9.17, 15) is 22.8 Å². The van der Waals surface area contributed by atoms with Crippen LogP contribution in [0.25, 0.3) is 22.6 Å². The second-order valence-corrected chi connectivity index (χ2v) is 18.1. The number of carbonyl (C=O) groups is 2. The summed E-state index contributed by atoms with van der Waals surface area (Å²) < 4.78 is 39.3. The van der Waals surface area contributed by atoms with E-state index < -0.39 is 45.1 Å². The molecule has 2 unspecified atom stereocenters. The molecule has 5 N–H and O–H groups in total. The maximum atomic E-state index is 15.0. The molecule has 0 saturated heterocycles. The predicted molar refractivity (Wildman–Crippen MR) is 210 cm³/mol. The van der Waals surface area contributed by atoms with Gasteiger partial charge in [-0.3, -0.25) is 14.3 Å². The van der Waals surface area contributed by atoms with Crippen LogP contribution >= 0.6 is 11.6 Å². The molecule has 13 nitrogen and oxygen atoms in total. The average Bonchev–Trinajstić information content (AvgIpc) is 3.71. The highest BCUT2D eigenvalue weighted by atomic mass is 35.5. The number of nitrogens with zero attached hydrogens (tertiary/aromatic N) is 3. The van der Waals surface area contributed by atoms with Crippen LogP contribution in [0.1, 0.15) is 82.0 Å². The Balaban J connectivity index is 1.57. The number of hydrogen-bond acceptors (Lipinski definition) is 8. The lowest BCUT2D eigenvalue weighted by Crippen LogP contribution is -2.49. The molecular weight excluding hydrogens is 730 g/mol. The number of halogens is 1. The van der Waals surface area contributed by atoms with Gasteiger partial charge in [-0.25, -0.2) is 18.6 Å². The zero-order valence-electron chi connectivity index (χ0n) is 31.3. The standard InChI is InChI=1S/C39H46ClN7O6S/c1-22-20-26(38(2,3)4)31(27(21-22)39(5,6)7)53-37(50)29-28(23-14-16-24(40)17-15-23)35(46-19-11-18-42-46)47-33(29)43-32(41)30(36(47)49)34(48)45-54(51,52)44-25-12-9-8-10-13-25/h8-19,22,26-27,31,43-44H,20-21,41H2,1-7H3,(H,45,48). The van der Waals surface area contributed by atoms with Crippen LogP contribution in [0.2, 0.25) is 5.02 Å². The van der Waals surface area contributed by atoms with Gasteiger partial charge >= 0.3 is 16.2 Å². The van der Waals surface area contributed by atoms with Gasteiger partial charge in [0.05, 0.1) is 5.69 Å². The van der Waals surface area contributed by atoms with E-state index in [4.69, 9.17) is 22.1 Å². The van der Waals surface area contributed by atoms with Crippen molar-refractivity contribution in [2.75, 3.05) is 10.5 Å². The first-order valence-electron chi connectivity index (χ1n) is 17.7. The smallest absolute Gasteiger partial charge is 0.342 e. The highest BCUT2D eigenvalue weighted by molar-refractivity contribution is 7.91. The Morgan fingerprint density at radius 3 is 2.11 bits per heavy atom. The molecule has 1 aliphatic carbocycles. The quantitative estimate of drug-likeness (QED) is 0.121. The van der Waals surface area contributed by atoms with Crippen LogP contribution < -0.4 is 20.7 Å². The van der Waals surface area contributed by atoms with Gasteiger partial charge in [-0.05, 0) is 65.5 Å². The number of nitrogens with one attached hydrogen (secondary N) is 3. The van der Waals surface area contributed by atoms with Crippen molar-refractivity contribution < 1.29 is 22.7 Å². The third-order valence-corrected chi connectivity index (χ3v) is 11.4. The van der Waals surface area contributed by atoms with Gasteiger partial charge in [0, 0.05) is 34.8 Å². The SMILES string of the molecule is CC1CC(C(C)(C)C)C(OC(=O)c2c(-c3ccc(Cl)cc3)c(-n3cccn3)n3c(=O)c(C(=O)NS(=O)(=O)Nc4ccccc4)c(N)[nH]c23)C(C(C)(C)C)C1. The molecule has 3 aromatic heterocycles. The summed E-state index contributed by atoms with van der Waals surface area (Å²) >= 11 is 6.30. The summed E-state index contributed by atoms with van der Waals surface area (Å²) in [5, 5.41) is 4.84. The lowest BCUT2D eigenvalue weighted by Gasteiger charge is -2.50. The van der Waals surface area contributed by atoms with E-state index in [1.165, 1.54) is 23.0 Å². The number of esters is 1. The Kier molecular flexibility index (Phi) is 10.2. The highest BCUT2D eigenvalue weighted by Crippen LogP contribution is 2.50. The van der Waals surface area contributed by atoms with Crippen molar-refractivity contribution in [3.05, 3.63) is 99.6 Å². The number of ether oxygens (including phenoxy) is 1. The number of carbonyl (C=O) groups excluding carboxylic acids is 2. The molecule has 5 aromatic rings. The Hall–Kier alpha value is -5.08. The number of aromatic amines is 1. The highest BCUT2D eigenvalue weighted by Gasteiger charge is 2.48. The molecule has 286 valence electrons. The van der Waals surface area contributed by atoms with Crippen molar-refractivity contribution in [3.63, 3.8) is 0 Å². The molecule has 54 heavy (non-hydrogen) atoms. The topological polar surface area (TPSA) is 183 Å². The predicted octanol–water partition coefficient (Wildman–Crippen LogP) is 7.08. The lowest BCUT2D eigenvalue weighted by molar-refractivity contribution is -0.0922. The molecule has 2 atom stereocenters. The number of benzene rings is 2. The minimum absolute atomic E-state index is 0.0127. The monoisotopic (exact) mass is 775 g/mol. The van der Waals surface area contributed by atoms with Crippen molar-refractivity contribution in [2.45, 2.75) is 67.4 Å². The summed E-state index contributed by atoms with van der Waals surface area (Å²) in [6, 6.07) is 16.2. The van der Waals surface area contributed by atoms with E-state index in [0.717, 1.165) is 17.2 Å². The maximum Gasteiger partial charge on any atom is 0.342 e. The Bertz CT molecular complexity index is 2330. The number of para-hydroxylation sites is 1. The third kappa shape index (κ3) is 7.62. The molecule has 0 radical (unpaired) electrons. The van der Waals surface area contributed by atoms with Crippen molar-refractivity contribution in [1.82, 2.24) is 23.9 Å². The summed E-state index contributed by atoms with van der Waals surface area (Å²) in [5.41, 5.74) is 5.12. The van der Waals surface area contributed by atoms with Crippen LogP contribution in [0.15, 0.2) is 77.9 Å². The first-order chi connectivity index (χ1) is 25.3. The van der Waals surface area contributed by atoms with Gasteiger partial charge in [0.1, 0.15) is 28.7 Å². The van der Waals surface area contributed by atoms with E-state index in [-0.39, 0.29) is 50.9 Å². The van der Waals surface area contributed by atoms with Crippen molar-refractivity contribution in [2.24, 2.45) is 28.6 Å². The van der Waals surface area contributed by atoms with E-state index in [0.29, 0.717) is 16.5 Å². The number of rotatable bonds is 8. The van der Waals surface area contributed by atoms with Gasteiger partial charge in [0.15, 0.2) is 5.82 Å². The number of aromatic nitrogens is 4. The second-order valence-electron chi connectivity index (χ2n) is 16.2. The van der Waals surface area contributed by atoms with Gasteiger partial charge in [-0.2, -0.15) is 13.5 Å². The Morgan fingerprint density at radius 1 is 0.944 bits per heavy atom. The third-order valence-electron chi connectivity index (χ3n) is 10.2. The van der Waals surface area contributed by atoms with Crippen LogP contribution in [0.3, 0.4) is 0 Å². The summed E-state index contributed by atoms with van der Waals surface area (Å²) in [6.07, 6.45) is 4.31. The van der Waals surface area contributed by atoms with Crippen molar-refractivity contribution in [1.29, 1.82) is 0 Å². The Labute approximate surface area is 319 Å². The van der Waals surface area contributed by atoms with Crippen LogP contribution in [0, 0.1) is 28.6 Å². The molecule has 2 aromatic carbocycles. The molecule has 0 aliphatic heterocycles. The molecule has 1 amide bonds. The van der Waals surface area contributed by atoms with Gasteiger partial charge in [-0.15, -0.1) is 0 Å². The van der Waals surface area contributed by atoms with Crippen LogP contribution in [0.5, 0.6) is 0 Å². The molecule has 0 bridgehead atoms. The number of nitrogens with two attached hydrogens (primary N) is 1. The molecule has 1 aliphatic rings. The van der Waals surface area contributed by atoms with Crippen LogP contribution in [-0.2, 0) is 14.9 Å². The minimum Gasteiger partial charge on any atom is -0.458 e. The number of H-pyrrole nitrogens is 1.